The van der Waals surface area contributed by atoms with Crippen molar-refractivity contribution in [3.8, 4) is 5.75 Å². The number of hydrogen-bond donors (Lipinski definition) is 7. The smallest absolute Gasteiger partial charge is 0.410 e. The Kier molecular flexibility index (Phi) is 31.4. The number of benzene rings is 2. The van der Waals surface area contributed by atoms with E-state index in [2.05, 4.69) is 49.1 Å². The van der Waals surface area contributed by atoms with Crippen LogP contribution in [0.4, 0.5) is 9.59 Å². The molecule has 5 rings (SSSR count). The lowest BCUT2D eigenvalue weighted by Gasteiger charge is -2.29. The van der Waals surface area contributed by atoms with Gasteiger partial charge >= 0.3 is 12.2 Å². The molecule has 0 spiro atoms. The van der Waals surface area contributed by atoms with Crippen LogP contribution >= 0.6 is 0 Å². The molecule has 97 heavy (non-hydrogen) atoms. The van der Waals surface area contributed by atoms with E-state index in [1.165, 1.54) is 74.3 Å². The first-order valence-corrected chi connectivity index (χ1v) is 34.8. The lowest BCUT2D eigenvalue weighted by molar-refractivity contribution is -0.133. The van der Waals surface area contributed by atoms with E-state index in [0.29, 0.717) is 43.4 Å². The molecule has 0 unspecified atom stereocenters. The number of nitrogens with zero attached hydrogens (tertiary/aromatic N) is 3. The third kappa shape index (κ3) is 26.5. The molecule has 2 aromatic carbocycles. The largest absolute Gasteiger partial charge is 0.484 e. The quantitative estimate of drug-likeness (QED) is 0.0212. The second-order valence-corrected chi connectivity index (χ2v) is 28.2. The summed E-state index contributed by atoms with van der Waals surface area (Å²) in [5.74, 6) is -7.43. The lowest BCUT2D eigenvalue weighted by Crippen LogP contribution is -2.58. The monoisotopic (exact) mass is 1350 g/mol. The standard InChI is InChI=1S/C73H108N10O14/c1-14-15-16-17-18-19-20-21-22-29-38-74-59(84)45-95-52-43-55(62(85)53(41-50-32-25-23-26-33-50)78-68(91)60(46(2)3)80-64(87)48(6)75-66(89)57-36-30-39-82(57)70(93)96-72(8,9)10)77-56(44-52)63(86)54(42-51-34-27-24-28-35-51)79-69(92)61(47(4)5)81-65(88)49(7)76-67(90)58-37-31-40-83(58)71(94)97-73(11,12)13/h23-28,32-35,43-44,46-49,53-54,57-58,60-61H,14-22,29-31,36-42,45H2,1-13H3,(H,74,84)(H,75,89)(H,76,90)(H,78,91)(H,79,92)(H,80,87)(H,81,88)/t48-,49-,53-,54-,57-,58-,60-,61-/m0/s1. The zero-order valence-electron chi connectivity index (χ0n) is 59.4. The van der Waals surface area contributed by atoms with E-state index in [1.807, 2.05) is 0 Å². The van der Waals surface area contributed by atoms with E-state index in [0.717, 1.165) is 25.7 Å². The Balaban J connectivity index is 1.43. The summed E-state index contributed by atoms with van der Waals surface area (Å²) in [6, 6.07) is 10.6. The van der Waals surface area contributed by atoms with Gasteiger partial charge in [0.2, 0.25) is 47.0 Å². The maximum absolute atomic E-state index is 15.3. The van der Waals surface area contributed by atoms with Crippen molar-refractivity contribution in [1.29, 1.82) is 0 Å². The van der Waals surface area contributed by atoms with Gasteiger partial charge in [0.25, 0.3) is 5.91 Å². The van der Waals surface area contributed by atoms with Crippen molar-refractivity contribution in [2.45, 2.75) is 252 Å². The number of carbonyl (C=O) groups excluding carboxylic acids is 11. The number of ether oxygens (including phenoxy) is 3. The van der Waals surface area contributed by atoms with Gasteiger partial charge < -0.3 is 51.4 Å². The Hall–Kier alpha value is -8.44. The predicted molar refractivity (Wildman–Crippen MR) is 368 cm³/mol. The van der Waals surface area contributed by atoms with E-state index in [9.17, 15) is 43.2 Å². The zero-order valence-corrected chi connectivity index (χ0v) is 59.4. The Bertz CT molecular complexity index is 2950. The molecule has 7 N–H and O–H groups in total. The normalized spacial score (nSPS) is 16.6. The van der Waals surface area contributed by atoms with Crippen LogP contribution in [0, 0.1) is 11.8 Å². The lowest BCUT2D eigenvalue weighted by atomic mass is 9.96. The summed E-state index contributed by atoms with van der Waals surface area (Å²) in [5.41, 5.74) is -1.10. The van der Waals surface area contributed by atoms with Crippen molar-refractivity contribution in [3.05, 3.63) is 95.3 Å². The SMILES string of the molecule is CCCCCCCCCCCCNC(=O)COc1cc(C(=O)[C@H](Cc2ccccc2)NC(=O)[C@@H](NC(=O)[C@H](C)NC(=O)[C@@H]2CCCN2C(=O)OC(C)(C)C)C(C)C)nc(C(=O)[C@H](Cc2ccccc2)NC(=O)[C@@H](NC(=O)[C@H](C)NC(=O)[C@@H]2CCCN2C(=O)OC(C)(C)C)C(C)C)c1. The number of nitrogens with one attached hydrogen (secondary N) is 7. The van der Waals surface area contributed by atoms with Crippen molar-refractivity contribution >= 4 is 65.1 Å². The molecule has 0 radical (unpaired) electrons. The minimum Gasteiger partial charge on any atom is -0.484 e. The number of rotatable bonds is 36. The van der Waals surface area contributed by atoms with Crippen LogP contribution in [0.1, 0.15) is 212 Å². The topological polar surface area (TPSA) is 319 Å². The van der Waals surface area contributed by atoms with Crippen molar-refractivity contribution in [3.63, 3.8) is 0 Å². The van der Waals surface area contributed by atoms with E-state index in [1.54, 1.807) is 130 Å². The second-order valence-electron chi connectivity index (χ2n) is 28.2. The minimum absolute atomic E-state index is 0.105. The number of likely N-dealkylation sites (tertiary alicyclic amines) is 2. The summed E-state index contributed by atoms with van der Waals surface area (Å²) in [5, 5.41) is 19.4. The van der Waals surface area contributed by atoms with Gasteiger partial charge in [-0.1, -0.05) is 153 Å². The molecule has 8 atom stereocenters. The van der Waals surface area contributed by atoms with Crippen molar-refractivity contribution < 1.29 is 67.0 Å². The van der Waals surface area contributed by atoms with E-state index in [4.69, 9.17) is 14.2 Å². The molecule has 2 aliphatic rings. The third-order valence-corrected chi connectivity index (χ3v) is 16.7. The summed E-state index contributed by atoms with van der Waals surface area (Å²) >= 11 is 0. The molecule has 2 saturated heterocycles. The Morgan fingerprint density at radius 1 is 0.505 bits per heavy atom. The molecule has 0 aliphatic carbocycles. The predicted octanol–water partition coefficient (Wildman–Crippen LogP) is 8.41. The number of Topliss-reactive ketones (excluding diaryl/α,β-unsaturated/α-hetero) is 2. The highest BCUT2D eigenvalue weighted by Gasteiger charge is 2.41. The molecule has 3 aromatic rings. The van der Waals surface area contributed by atoms with Gasteiger partial charge in [-0.05, 0) is 110 Å². The maximum atomic E-state index is 15.3. The van der Waals surface area contributed by atoms with Crippen LogP contribution in [0.5, 0.6) is 5.75 Å². The summed E-state index contributed by atoms with van der Waals surface area (Å²) in [4.78, 5) is 162. The van der Waals surface area contributed by atoms with Gasteiger partial charge in [0, 0.05) is 44.6 Å². The van der Waals surface area contributed by atoms with Gasteiger partial charge in [0.1, 0.15) is 64.6 Å². The Labute approximate surface area is 573 Å². The van der Waals surface area contributed by atoms with Crippen LogP contribution in [0.2, 0.25) is 0 Å². The second kappa shape index (κ2) is 38.5. The van der Waals surface area contributed by atoms with Gasteiger partial charge in [-0.25, -0.2) is 14.6 Å². The number of unbranched alkanes of at least 4 members (excludes halogenated alkanes) is 9. The number of carbonyl (C=O) groups is 11. The molecule has 2 fully saturated rings. The Morgan fingerprint density at radius 2 is 0.887 bits per heavy atom. The van der Waals surface area contributed by atoms with Gasteiger partial charge in [0.05, 0.1) is 12.1 Å². The minimum atomic E-state index is -1.41. The molecule has 534 valence electrons. The average Bonchev–Trinajstić information content (AvgIpc) is 1.33. The van der Waals surface area contributed by atoms with E-state index >= 15 is 9.59 Å². The summed E-state index contributed by atoms with van der Waals surface area (Å²) in [7, 11) is 0. The summed E-state index contributed by atoms with van der Waals surface area (Å²) < 4.78 is 17.1. The van der Waals surface area contributed by atoms with Crippen LogP contribution in [0.25, 0.3) is 0 Å². The van der Waals surface area contributed by atoms with E-state index < -0.39 is 143 Å². The van der Waals surface area contributed by atoms with Gasteiger partial charge in [-0.2, -0.15) is 0 Å². The van der Waals surface area contributed by atoms with Crippen LogP contribution in [0.3, 0.4) is 0 Å². The zero-order chi connectivity index (χ0) is 71.6. The first-order valence-electron chi connectivity index (χ1n) is 34.8. The van der Waals surface area contributed by atoms with Crippen molar-refractivity contribution in [2.24, 2.45) is 11.8 Å². The number of ketones is 2. The molecule has 24 heteroatoms. The summed E-state index contributed by atoms with van der Waals surface area (Å²) in [6.07, 6.45) is 11.4. The molecular formula is C73H108N10O14. The molecule has 0 bridgehead atoms. The fraction of sp³-hybridized carbons (Fsp3) is 0.616. The fourth-order valence-electron chi connectivity index (χ4n) is 11.4. The fourth-order valence-corrected chi connectivity index (χ4v) is 11.4. The highest BCUT2D eigenvalue weighted by Crippen LogP contribution is 2.25. The maximum Gasteiger partial charge on any atom is 0.410 e. The van der Waals surface area contributed by atoms with Gasteiger partial charge in [-0.3, -0.25) is 53.0 Å². The molecular weight excluding hydrogens is 1240 g/mol. The Morgan fingerprint density at radius 3 is 1.26 bits per heavy atom. The number of pyridine rings is 1. The molecule has 9 amide bonds. The van der Waals surface area contributed by atoms with E-state index in [-0.39, 0.29) is 43.1 Å². The average molecular weight is 1350 g/mol. The van der Waals surface area contributed by atoms with Crippen LogP contribution in [-0.2, 0) is 55.9 Å². The number of aromatic nitrogens is 1. The van der Waals surface area contributed by atoms with Crippen molar-refractivity contribution in [2.75, 3.05) is 26.2 Å². The van der Waals surface area contributed by atoms with Crippen LogP contribution in [-0.4, -0.2) is 166 Å². The molecule has 3 heterocycles. The first kappa shape index (κ1) is 79.3. The molecule has 24 nitrogen and oxygen atoms in total. The third-order valence-electron chi connectivity index (χ3n) is 16.7. The number of amides is 9. The first-order chi connectivity index (χ1) is 45.9. The van der Waals surface area contributed by atoms with Crippen LogP contribution < -0.4 is 42.0 Å². The highest BCUT2D eigenvalue weighted by molar-refractivity contribution is 6.06. The molecule has 1 aromatic heterocycles. The molecule has 0 saturated carbocycles. The van der Waals surface area contributed by atoms with Crippen molar-refractivity contribution in [1.82, 2.24) is 52.0 Å². The van der Waals surface area contributed by atoms with Gasteiger partial charge in [-0.15, -0.1) is 0 Å². The number of hydrogen-bond acceptors (Lipinski definition) is 15. The highest BCUT2D eigenvalue weighted by atomic mass is 16.6. The summed E-state index contributed by atoms with van der Waals surface area (Å²) in [6.45, 7) is 22.6. The molecule has 2 aliphatic heterocycles. The van der Waals surface area contributed by atoms with Crippen LogP contribution in [0.15, 0.2) is 72.8 Å². The van der Waals surface area contributed by atoms with Gasteiger partial charge in [0.15, 0.2) is 6.61 Å².